The van der Waals surface area contributed by atoms with Gasteiger partial charge < -0.3 is 4.90 Å². The Kier molecular flexibility index (Phi) is 3.01. The van der Waals surface area contributed by atoms with Crippen molar-refractivity contribution in [3.8, 4) is 0 Å². The van der Waals surface area contributed by atoms with Crippen LogP contribution in [0.25, 0.3) is 0 Å². The van der Waals surface area contributed by atoms with Crippen molar-refractivity contribution in [2.75, 3.05) is 6.54 Å². The molecule has 2 aliphatic rings. The van der Waals surface area contributed by atoms with Crippen LogP contribution in [0.2, 0.25) is 0 Å². The molecule has 0 N–H and O–H groups in total. The lowest BCUT2D eigenvalue weighted by molar-refractivity contribution is -0.130. The van der Waals surface area contributed by atoms with Crippen molar-refractivity contribution >= 4 is 11.9 Å². The fourth-order valence-corrected chi connectivity index (χ4v) is 3.10. The topological polar surface area (TPSA) is 40.6 Å². The van der Waals surface area contributed by atoms with E-state index in [1.807, 2.05) is 30.3 Å². The normalized spacial score (nSPS) is 26.8. The first-order valence-corrected chi connectivity index (χ1v) is 6.84. The molecule has 2 fully saturated rings. The van der Waals surface area contributed by atoms with E-state index in [0.717, 1.165) is 18.4 Å². The van der Waals surface area contributed by atoms with Crippen LogP contribution in [0.4, 0.5) is 4.79 Å². The molecule has 3 rings (SSSR count). The van der Waals surface area contributed by atoms with Crippen LogP contribution in [0.3, 0.4) is 0 Å². The number of urea groups is 1. The molecule has 0 spiro atoms. The molecule has 0 aromatic heterocycles. The van der Waals surface area contributed by atoms with Crippen LogP contribution < -0.4 is 0 Å². The minimum atomic E-state index is -0.232. The minimum absolute atomic E-state index is 0.0268. The highest BCUT2D eigenvalue weighted by atomic mass is 16.2. The van der Waals surface area contributed by atoms with E-state index in [4.69, 9.17) is 0 Å². The van der Waals surface area contributed by atoms with Crippen molar-refractivity contribution in [2.24, 2.45) is 5.92 Å². The molecule has 2 atom stereocenters. The second-order valence-electron chi connectivity index (χ2n) is 5.45. The van der Waals surface area contributed by atoms with Crippen LogP contribution in [0, 0.1) is 5.92 Å². The zero-order chi connectivity index (χ0) is 13.4. The first kappa shape index (κ1) is 12.2. The lowest BCUT2D eigenvalue weighted by Gasteiger charge is -2.31. The van der Waals surface area contributed by atoms with Crippen LogP contribution in [0.15, 0.2) is 30.3 Å². The Morgan fingerprint density at radius 1 is 1.21 bits per heavy atom. The standard InChI is InChI=1S/C15H18N2O2/c1-11-6-5-9-16-13(11)14(18)17(15(16)19)10-12-7-3-2-4-8-12/h2-4,7-8,11,13H,5-6,9-10H2,1H3. The van der Waals surface area contributed by atoms with E-state index < -0.39 is 0 Å². The predicted octanol–water partition coefficient (Wildman–Crippen LogP) is 2.25. The van der Waals surface area contributed by atoms with Gasteiger partial charge >= 0.3 is 6.03 Å². The fourth-order valence-electron chi connectivity index (χ4n) is 3.10. The maximum absolute atomic E-state index is 12.4. The third-order valence-corrected chi connectivity index (χ3v) is 4.11. The summed E-state index contributed by atoms with van der Waals surface area (Å²) in [5.74, 6) is 0.243. The molecule has 0 saturated carbocycles. The number of nitrogens with zero attached hydrogens (tertiary/aromatic N) is 2. The Morgan fingerprint density at radius 2 is 1.95 bits per heavy atom. The molecule has 2 saturated heterocycles. The Labute approximate surface area is 113 Å². The first-order valence-electron chi connectivity index (χ1n) is 6.84. The molecule has 2 aliphatic heterocycles. The van der Waals surface area contributed by atoms with E-state index >= 15 is 0 Å². The van der Waals surface area contributed by atoms with Gasteiger partial charge in [-0.3, -0.25) is 9.69 Å². The maximum Gasteiger partial charge on any atom is 0.327 e. The van der Waals surface area contributed by atoms with E-state index in [9.17, 15) is 9.59 Å². The van der Waals surface area contributed by atoms with Gasteiger partial charge in [0, 0.05) is 6.54 Å². The van der Waals surface area contributed by atoms with Gasteiger partial charge in [-0.1, -0.05) is 37.3 Å². The van der Waals surface area contributed by atoms with Gasteiger partial charge in [-0.25, -0.2) is 4.79 Å². The summed E-state index contributed by atoms with van der Waals surface area (Å²) < 4.78 is 0. The number of fused-ring (bicyclic) bond motifs is 1. The molecule has 0 bridgehead atoms. The second kappa shape index (κ2) is 4.68. The third kappa shape index (κ3) is 2.01. The Morgan fingerprint density at radius 3 is 2.63 bits per heavy atom. The van der Waals surface area contributed by atoms with Gasteiger partial charge in [0.05, 0.1) is 6.54 Å². The quantitative estimate of drug-likeness (QED) is 0.763. The molecule has 19 heavy (non-hydrogen) atoms. The molecule has 4 heteroatoms. The average Bonchev–Trinajstić information content (AvgIpc) is 2.66. The molecule has 2 unspecified atom stereocenters. The predicted molar refractivity (Wildman–Crippen MR) is 71.3 cm³/mol. The number of amides is 3. The average molecular weight is 258 g/mol. The molecule has 4 nitrogen and oxygen atoms in total. The van der Waals surface area contributed by atoms with Crippen molar-refractivity contribution in [1.82, 2.24) is 9.80 Å². The second-order valence-corrected chi connectivity index (χ2v) is 5.45. The molecular formula is C15H18N2O2. The van der Waals surface area contributed by atoms with Gasteiger partial charge in [0.2, 0.25) is 0 Å². The van der Waals surface area contributed by atoms with Gasteiger partial charge in [0.1, 0.15) is 6.04 Å². The highest BCUT2D eigenvalue weighted by molar-refractivity contribution is 6.04. The summed E-state index contributed by atoms with van der Waals surface area (Å²) in [6, 6.07) is 9.33. The highest BCUT2D eigenvalue weighted by Crippen LogP contribution is 2.31. The smallest absolute Gasteiger partial charge is 0.312 e. The molecular weight excluding hydrogens is 240 g/mol. The zero-order valence-corrected chi connectivity index (χ0v) is 11.1. The van der Waals surface area contributed by atoms with Gasteiger partial charge in [-0.15, -0.1) is 0 Å². The van der Waals surface area contributed by atoms with Crippen molar-refractivity contribution in [3.05, 3.63) is 35.9 Å². The monoisotopic (exact) mass is 258 g/mol. The fraction of sp³-hybridized carbons (Fsp3) is 0.467. The highest BCUT2D eigenvalue weighted by Gasteiger charge is 2.48. The lowest BCUT2D eigenvalue weighted by Crippen LogP contribution is -2.44. The first-order chi connectivity index (χ1) is 9.18. The van der Waals surface area contributed by atoms with Gasteiger partial charge in [-0.05, 0) is 24.3 Å². The summed E-state index contributed by atoms with van der Waals surface area (Å²) in [4.78, 5) is 27.9. The summed E-state index contributed by atoms with van der Waals surface area (Å²) in [5.41, 5.74) is 0.997. The van der Waals surface area contributed by atoms with Crippen molar-refractivity contribution < 1.29 is 9.59 Å². The van der Waals surface area contributed by atoms with Crippen molar-refractivity contribution in [3.63, 3.8) is 0 Å². The van der Waals surface area contributed by atoms with E-state index in [-0.39, 0.29) is 23.9 Å². The number of carbonyl (C=O) groups is 2. The van der Waals surface area contributed by atoms with Crippen LogP contribution in [0.5, 0.6) is 0 Å². The maximum atomic E-state index is 12.4. The van der Waals surface area contributed by atoms with E-state index in [2.05, 4.69) is 6.92 Å². The SMILES string of the molecule is CC1CCCN2C(=O)N(Cc3ccccc3)C(=O)C12. The molecule has 2 heterocycles. The summed E-state index contributed by atoms with van der Waals surface area (Å²) in [7, 11) is 0. The molecule has 3 amide bonds. The lowest BCUT2D eigenvalue weighted by atomic mass is 9.91. The number of carbonyl (C=O) groups excluding carboxylic acids is 2. The van der Waals surface area contributed by atoms with Crippen LogP contribution in [-0.4, -0.2) is 34.3 Å². The molecule has 100 valence electrons. The summed E-state index contributed by atoms with van der Waals surface area (Å²) in [5, 5.41) is 0. The van der Waals surface area contributed by atoms with Crippen LogP contribution >= 0.6 is 0 Å². The van der Waals surface area contributed by atoms with Gasteiger partial charge in [0.15, 0.2) is 0 Å². The Bertz CT molecular complexity index is 500. The van der Waals surface area contributed by atoms with Crippen molar-refractivity contribution in [1.29, 1.82) is 0 Å². The van der Waals surface area contributed by atoms with Crippen LogP contribution in [-0.2, 0) is 11.3 Å². The number of piperidine rings is 1. The number of imide groups is 1. The molecule has 0 aliphatic carbocycles. The third-order valence-electron chi connectivity index (χ3n) is 4.11. The number of benzene rings is 1. The number of hydrogen-bond donors (Lipinski definition) is 0. The zero-order valence-electron chi connectivity index (χ0n) is 11.1. The van der Waals surface area contributed by atoms with Crippen LogP contribution in [0.1, 0.15) is 25.3 Å². The summed E-state index contributed by atoms with van der Waals surface area (Å²) >= 11 is 0. The number of rotatable bonds is 2. The Balaban J connectivity index is 1.83. The largest absolute Gasteiger partial charge is 0.327 e. The van der Waals surface area contributed by atoms with Gasteiger partial charge in [0.25, 0.3) is 5.91 Å². The summed E-state index contributed by atoms with van der Waals surface area (Å²) in [6.45, 7) is 3.16. The number of hydrogen-bond acceptors (Lipinski definition) is 2. The summed E-state index contributed by atoms with van der Waals surface area (Å²) in [6.07, 6.45) is 2.02. The van der Waals surface area contributed by atoms with E-state index in [1.54, 1.807) is 4.90 Å². The molecule has 0 radical (unpaired) electrons. The molecule has 1 aromatic rings. The Hall–Kier alpha value is -1.84. The van der Waals surface area contributed by atoms with E-state index in [0.29, 0.717) is 13.1 Å². The minimum Gasteiger partial charge on any atom is -0.312 e. The van der Waals surface area contributed by atoms with E-state index in [1.165, 1.54) is 4.90 Å². The van der Waals surface area contributed by atoms with Crippen molar-refractivity contribution in [2.45, 2.75) is 32.4 Å². The van der Waals surface area contributed by atoms with Gasteiger partial charge in [-0.2, -0.15) is 0 Å². The molecule has 1 aromatic carbocycles.